The lowest BCUT2D eigenvalue weighted by Gasteiger charge is -2.26. The average Bonchev–Trinajstić information content (AvgIpc) is 2.83. The van der Waals surface area contributed by atoms with Gasteiger partial charge in [-0.15, -0.1) is 10.2 Å². The molecule has 0 radical (unpaired) electrons. The highest BCUT2D eigenvalue weighted by Gasteiger charge is 2.23. The topological polar surface area (TPSA) is 52.0 Å². The summed E-state index contributed by atoms with van der Waals surface area (Å²) in [6, 6.07) is 10.7. The summed E-state index contributed by atoms with van der Waals surface area (Å²) < 4.78 is 7.05. The summed E-state index contributed by atoms with van der Waals surface area (Å²) in [5.41, 5.74) is 4.71. The van der Waals surface area contributed by atoms with Crippen LogP contribution in [0.2, 0.25) is 0 Å². The molecule has 0 bridgehead atoms. The number of methoxy groups -OCH3 is 1. The van der Waals surface area contributed by atoms with Gasteiger partial charge in [-0.05, 0) is 5.56 Å². The zero-order chi connectivity index (χ0) is 12.4. The number of nitrogens with one attached hydrogen (secondary N) is 1. The largest absolute Gasteiger partial charge is 0.377 e. The van der Waals surface area contributed by atoms with Gasteiger partial charge >= 0.3 is 0 Å². The van der Waals surface area contributed by atoms with Crippen LogP contribution < -0.4 is 5.43 Å². The molecule has 94 valence electrons. The van der Waals surface area contributed by atoms with E-state index in [1.807, 2.05) is 10.7 Å². The van der Waals surface area contributed by atoms with E-state index in [9.17, 15) is 0 Å². The third kappa shape index (κ3) is 2.09. The number of thioether (sulfide) groups is 1. The molecule has 3 rings (SSSR count). The Kier molecular flexibility index (Phi) is 3.21. The smallest absolute Gasteiger partial charge is 0.210 e. The fourth-order valence-corrected chi connectivity index (χ4v) is 2.92. The standard InChI is InChI=1S/C12H14N4OS/c1-17-7-11-13-14-12-16(11)15-10(8-18-12)9-5-3-2-4-6-9/h2-6,10,15H,7-8H2,1H3. The first-order valence-corrected chi connectivity index (χ1v) is 6.74. The molecule has 0 fully saturated rings. The Morgan fingerprint density at radius 2 is 2.22 bits per heavy atom. The Bertz CT molecular complexity index is 528. The van der Waals surface area contributed by atoms with E-state index < -0.39 is 0 Å². The Balaban J connectivity index is 1.86. The molecule has 1 atom stereocenters. The number of hydrogen-bond donors (Lipinski definition) is 1. The second kappa shape index (κ2) is 4.99. The molecule has 0 saturated carbocycles. The van der Waals surface area contributed by atoms with Crippen molar-refractivity contribution in [1.29, 1.82) is 0 Å². The van der Waals surface area contributed by atoms with Crippen LogP contribution in [0.25, 0.3) is 0 Å². The molecule has 1 N–H and O–H groups in total. The summed E-state index contributed by atoms with van der Waals surface area (Å²) in [5, 5.41) is 9.15. The van der Waals surface area contributed by atoms with Gasteiger partial charge in [-0.1, -0.05) is 42.1 Å². The minimum absolute atomic E-state index is 0.273. The first-order valence-electron chi connectivity index (χ1n) is 5.76. The molecule has 1 unspecified atom stereocenters. The molecular weight excluding hydrogens is 248 g/mol. The quantitative estimate of drug-likeness (QED) is 0.914. The first kappa shape index (κ1) is 11.6. The Morgan fingerprint density at radius 3 is 3.00 bits per heavy atom. The molecule has 18 heavy (non-hydrogen) atoms. The number of hydrogen-bond acceptors (Lipinski definition) is 5. The van der Waals surface area contributed by atoms with Crippen LogP contribution in [0.5, 0.6) is 0 Å². The van der Waals surface area contributed by atoms with Crippen LogP contribution in [0.15, 0.2) is 35.5 Å². The van der Waals surface area contributed by atoms with Crippen LogP contribution in [0.4, 0.5) is 0 Å². The zero-order valence-corrected chi connectivity index (χ0v) is 10.9. The van der Waals surface area contributed by atoms with Crippen LogP contribution in [0.1, 0.15) is 17.4 Å². The monoisotopic (exact) mass is 262 g/mol. The van der Waals surface area contributed by atoms with E-state index in [0.29, 0.717) is 6.61 Å². The van der Waals surface area contributed by atoms with Crippen molar-refractivity contribution in [2.45, 2.75) is 17.8 Å². The van der Waals surface area contributed by atoms with Crippen LogP contribution in [0.3, 0.4) is 0 Å². The predicted octanol–water partition coefficient (Wildman–Crippen LogP) is 1.81. The number of fused-ring (bicyclic) bond motifs is 1. The first-order chi connectivity index (χ1) is 8.88. The van der Waals surface area contributed by atoms with Crippen LogP contribution in [0, 0.1) is 0 Å². The van der Waals surface area contributed by atoms with E-state index in [-0.39, 0.29) is 6.04 Å². The lowest BCUT2D eigenvalue weighted by molar-refractivity contribution is 0.174. The fourth-order valence-electron chi connectivity index (χ4n) is 1.95. The minimum atomic E-state index is 0.273. The van der Waals surface area contributed by atoms with Crippen molar-refractivity contribution in [3.63, 3.8) is 0 Å². The van der Waals surface area contributed by atoms with Gasteiger partial charge in [0.05, 0.1) is 6.04 Å². The van der Waals surface area contributed by atoms with E-state index >= 15 is 0 Å². The van der Waals surface area contributed by atoms with Gasteiger partial charge in [-0.2, -0.15) is 0 Å². The summed E-state index contributed by atoms with van der Waals surface area (Å²) in [5.74, 6) is 1.76. The molecule has 1 aliphatic rings. The van der Waals surface area contributed by atoms with Crippen molar-refractivity contribution in [1.82, 2.24) is 14.9 Å². The van der Waals surface area contributed by atoms with E-state index in [2.05, 4.69) is 39.9 Å². The maximum Gasteiger partial charge on any atom is 0.210 e. The highest BCUT2D eigenvalue weighted by Crippen LogP contribution is 2.29. The zero-order valence-electron chi connectivity index (χ0n) is 10.0. The SMILES string of the molecule is COCc1nnc2n1NC(c1ccccc1)CS2. The average molecular weight is 262 g/mol. The van der Waals surface area contributed by atoms with Crippen LogP contribution in [-0.4, -0.2) is 27.7 Å². The van der Waals surface area contributed by atoms with E-state index in [1.165, 1.54) is 5.56 Å². The Hall–Kier alpha value is -1.53. The maximum atomic E-state index is 5.12. The summed E-state index contributed by atoms with van der Waals surface area (Å²) >= 11 is 1.71. The van der Waals surface area contributed by atoms with Gasteiger partial charge in [-0.25, -0.2) is 4.68 Å². The van der Waals surface area contributed by atoms with Crippen LogP contribution >= 0.6 is 11.8 Å². The molecular formula is C12H14N4OS. The summed E-state index contributed by atoms with van der Waals surface area (Å²) in [4.78, 5) is 0. The molecule has 0 amide bonds. The van der Waals surface area contributed by atoms with Crippen molar-refractivity contribution in [2.75, 3.05) is 18.3 Å². The fraction of sp³-hybridized carbons (Fsp3) is 0.333. The van der Waals surface area contributed by atoms with Crippen molar-refractivity contribution in [2.24, 2.45) is 0 Å². The van der Waals surface area contributed by atoms with Gasteiger partial charge in [-0.3, -0.25) is 0 Å². The molecule has 0 aliphatic carbocycles. The lowest BCUT2D eigenvalue weighted by Crippen LogP contribution is -2.29. The molecule has 2 heterocycles. The van der Waals surface area contributed by atoms with Gasteiger partial charge in [0.2, 0.25) is 5.16 Å². The second-order valence-electron chi connectivity index (χ2n) is 4.07. The van der Waals surface area contributed by atoms with Crippen molar-refractivity contribution >= 4 is 11.8 Å². The van der Waals surface area contributed by atoms with Crippen LogP contribution in [-0.2, 0) is 11.3 Å². The second-order valence-corrected chi connectivity index (χ2v) is 5.06. The van der Waals surface area contributed by atoms with E-state index in [4.69, 9.17) is 4.74 Å². The molecule has 5 nitrogen and oxygen atoms in total. The van der Waals surface area contributed by atoms with Crippen molar-refractivity contribution < 1.29 is 4.74 Å². The van der Waals surface area contributed by atoms with E-state index in [0.717, 1.165) is 16.7 Å². The number of benzene rings is 1. The number of ether oxygens (including phenoxy) is 1. The number of nitrogens with zero attached hydrogens (tertiary/aromatic N) is 3. The van der Waals surface area contributed by atoms with Gasteiger partial charge in [0, 0.05) is 12.9 Å². The van der Waals surface area contributed by atoms with E-state index in [1.54, 1.807) is 18.9 Å². The summed E-state index contributed by atoms with van der Waals surface area (Å²) in [6.45, 7) is 0.460. The van der Waals surface area contributed by atoms with Crippen molar-refractivity contribution in [3.8, 4) is 0 Å². The van der Waals surface area contributed by atoms with Crippen molar-refractivity contribution in [3.05, 3.63) is 41.7 Å². The highest BCUT2D eigenvalue weighted by molar-refractivity contribution is 7.99. The number of aromatic nitrogens is 3. The molecule has 6 heteroatoms. The third-order valence-electron chi connectivity index (χ3n) is 2.84. The highest BCUT2D eigenvalue weighted by atomic mass is 32.2. The molecule has 1 aromatic carbocycles. The van der Waals surface area contributed by atoms with Gasteiger partial charge in [0.1, 0.15) is 6.61 Å². The van der Waals surface area contributed by atoms with Gasteiger partial charge < -0.3 is 10.2 Å². The number of rotatable bonds is 3. The molecule has 1 aromatic heterocycles. The third-order valence-corrected chi connectivity index (χ3v) is 3.86. The lowest BCUT2D eigenvalue weighted by atomic mass is 10.1. The predicted molar refractivity (Wildman–Crippen MR) is 70.0 cm³/mol. The Morgan fingerprint density at radius 1 is 1.39 bits per heavy atom. The van der Waals surface area contributed by atoms with Gasteiger partial charge in [0.15, 0.2) is 5.82 Å². The molecule has 1 aliphatic heterocycles. The summed E-state index contributed by atoms with van der Waals surface area (Å²) in [6.07, 6.45) is 0. The molecule has 0 saturated heterocycles. The normalized spacial score (nSPS) is 18.2. The molecule has 2 aromatic rings. The molecule has 0 spiro atoms. The van der Waals surface area contributed by atoms with Gasteiger partial charge in [0.25, 0.3) is 0 Å². The minimum Gasteiger partial charge on any atom is -0.377 e. The maximum absolute atomic E-state index is 5.12. The Labute approximate surface area is 110 Å². The summed E-state index contributed by atoms with van der Waals surface area (Å²) in [7, 11) is 1.66.